The van der Waals surface area contributed by atoms with Gasteiger partial charge in [0.05, 0.1) is 13.1 Å². The number of aliphatic imine (C=N–C) groups is 2. The Bertz CT molecular complexity index is 844. The molecule has 0 amide bonds. The van der Waals surface area contributed by atoms with Gasteiger partial charge < -0.3 is 21.7 Å². The largest absolute Gasteiger partial charge is 0.363 e. The maximum atomic E-state index is 5.87. The highest BCUT2D eigenvalue weighted by Gasteiger charge is 2.03. The maximum Gasteiger partial charge on any atom is 0.191 e. The first-order valence-corrected chi connectivity index (χ1v) is 11.6. The van der Waals surface area contributed by atoms with Crippen LogP contribution in [-0.4, -0.2) is 43.6 Å². The molecular formula is C21H28Cl2N6S. The van der Waals surface area contributed by atoms with Gasteiger partial charge in [0.25, 0.3) is 0 Å². The Morgan fingerprint density at radius 3 is 2.07 bits per heavy atom. The lowest BCUT2D eigenvalue weighted by molar-refractivity contribution is 0.867. The number of benzene rings is 2. The van der Waals surface area contributed by atoms with E-state index in [0.717, 1.165) is 65.0 Å². The van der Waals surface area contributed by atoms with Crippen molar-refractivity contribution in [2.75, 3.05) is 32.4 Å². The van der Waals surface area contributed by atoms with E-state index in [1.807, 2.05) is 54.8 Å². The van der Waals surface area contributed by atoms with E-state index < -0.39 is 0 Å². The number of hydrogen-bond donors (Lipinski definition) is 4. The van der Waals surface area contributed by atoms with E-state index in [1.54, 1.807) is 11.8 Å². The Kier molecular flexibility index (Phi) is 11.5. The molecule has 0 aromatic heterocycles. The molecule has 0 atom stereocenters. The summed E-state index contributed by atoms with van der Waals surface area (Å²) >= 11 is 13.2. The van der Waals surface area contributed by atoms with Crippen molar-refractivity contribution >= 4 is 46.1 Å². The molecule has 6 nitrogen and oxygen atoms in total. The standard InChI is InChI=1S/C10H12ClN3.C7H8ClN.C4H8N2S/c11-9-3-1-2-8(6-9)7-14-10-12-4-5-13-10;8-7-3-1-2-6(4-7)5-9;1-7-4-5-2-3-6-4/h1-3,6H,4-5,7H2,(H2,12,13,14);1-4H,5,9H2;2-3H2,1H3,(H,5,6). The van der Waals surface area contributed by atoms with Crippen molar-refractivity contribution in [3.63, 3.8) is 0 Å². The number of guanidine groups is 1. The van der Waals surface area contributed by atoms with Gasteiger partial charge in [0.1, 0.15) is 0 Å². The van der Waals surface area contributed by atoms with E-state index >= 15 is 0 Å². The second-order valence-corrected chi connectivity index (χ2v) is 7.96. The zero-order valence-electron chi connectivity index (χ0n) is 17.0. The fraction of sp³-hybridized carbons (Fsp3) is 0.333. The van der Waals surface area contributed by atoms with Crippen LogP contribution < -0.4 is 21.7 Å². The zero-order valence-corrected chi connectivity index (χ0v) is 19.3. The smallest absolute Gasteiger partial charge is 0.191 e. The molecule has 5 N–H and O–H groups in total. The highest BCUT2D eigenvalue weighted by molar-refractivity contribution is 8.13. The summed E-state index contributed by atoms with van der Waals surface area (Å²) in [6, 6.07) is 15.3. The van der Waals surface area contributed by atoms with Crippen molar-refractivity contribution in [2.24, 2.45) is 15.7 Å². The Hall–Kier alpha value is -1.93. The fourth-order valence-corrected chi connectivity index (χ4v) is 3.42. The van der Waals surface area contributed by atoms with E-state index in [9.17, 15) is 0 Å². The summed E-state index contributed by atoms with van der Waals surface area (Å²) in [5, 5.41) is 12.1. The van der Waals surface area contributed by atoms with Crippen LogP contribution in [0, 0.1) is 0 Å². The first kappa shape index (κ1) is 24.3. The van der Waals surface area contributed by atoms with Gasteiger partial charge in [0.15, 0.2) is 11.1 Å². The van der Waals surface area contributed by atoms with Crippen LogP contribution in [0.2, 0.25) is 10.0 Å². The number of halogens is 2. The van der Waals surface area contributed by atoms with E-state index in [2.05, 4.69) is 25.9 Å². The molecule has 9 heteroatoms. The van der Waals surface area contributed by atoms with Gasteiger partial charge >= 0.3 is 0 Å². The number of amidine groups is 1. The molecule has 2 aliphatic heterocycles. The highest BCUT2D eigenvalue weighted by Crippen LogP contribution is 2.10. The molecule has 0 radical (unpaired) electrons. The van der Waals surface area contributed by atoms with Crippen LogP contribution in [0.3, 0.4) is 0 Å². The van der Waals surface area contributed by atoms with Crippen molar-refractivity contribution in [3.8, 4) is 0 Å². The first-order valence-electron chi connectivity index (χ1n) is 9.64. The molecule has 0 spiro atoms. The van der Waals surface area contributed by atoms with E-state index in [4.69, 9.17) is 28.9 Å². The van der Waals surface area contributed by atoms with Gasteiger partial charge in [-0.3, -0.25) is 9.98 Å². The zero-order chi connectivity index (χ0) is 21.6. The number of nitrogens with zero attached hydrogens (tertiary/aromatic N) is 2. The number of rotatable bonds is 3. The van der Waals surface area contributed by atoms with Gasteiger partial charge in [-0.25, -0.2) is 0 Å². The van der Waals surface area contributed by atoms with E-state index in [1.165, 1.54) is 0 Å². The minimum absolute atomic E-state index is 0.556. The summed E-state index contributed by atoms with van der Waals surface area (Å²) in [6.45, 7) is 5.08. The van der Waals surface area contributed by atoms with Crippen molar-refractivity contribution in [3.05, 3.63) is 69.7 Å². The van der Waals surface area contributed by atoms with E-state index in [-0.39, 0.29) is 0 Å². The third-order valence-electron chi connectivity index (χ3n) is 3.98. The lowest BCUT2D eigenvalue weighted by Gasteiger charge is -2.06. The molecule has 30 heavy (non-hydrogen) atoms. The number of nitrogens with one attached hydrogen (secondary N) is 3. The van der Waals surface area contributed by atoms with Gasteiger partial charge in [-0.2, -0.15) is 0 Å². The van der Waals surface area contributed by atoms with Crippen LogP contribution in [-0.2, 0) is 13.1 Å². The Morgan fingerprint density at radius 2 is 1.60 bits per heavy atom. The Labute approximate surface area is 192 Å². The molecule has 0 aliphatic carbocycles. The minimum Gasteiger partial charge on any atom is -0.363 e. The third kappa shape index (κ3) is 9.71. The quantitative estimate of drug-likeness (QED) is 0.555. The molecule has 4 rings (SSSR count). The van der Waals surface area contributed by atoms with Crippen LogP contribution in [0.15, 0.2) is 58.5 Å². The molecule has 162 valence electrons. The lowest BCUT2D eigenvalue weighted by atomic mass is 10.2. The molecular weight excluding hydrogens is 439 g/mol. The summed E-state index contributed by atoms with van der Waals surface area (Å²) in [7, 11) is 0. The van der Waals surface area contributed by atoms with Crippen LogP contribution in [0.25, 0.3) is 0 Å². The second-order valence-electron chi connectivity index (χ2n) is 6.29. The van der Waals surface area contributed by atoms with Gasteiger partial charge in [0, 0.05) is 36.2 Å². The number of thioether (sulfide) groups is 1. The summed E-state index contributed by atoms with van der Waals surface area (Å²) in [6.07, 6.45) is 2.02. The van der Waals surface area contributed by atoms with E-state index in [0.29, 0.717) is 6.54 Å². The lowest BCUT2D eigenvalue weighted by Crippen LogP contribution is -2.33. The van der Waals surface area contributed by atoms with Crippen molar-refractivity contribution in [2.45, 2.75) is 13.1 Å². The highest BCUT2D eigenvalue weighted by atomic mass is 35.5. The molecule has 2 aromatic carbocycles. The number of nitrogens with two attached hydrogens (primary N) is 1. The molecule has 2 aromatic rings. The predicted molar refractivity (Wildman–Crippen MR) is 132 cm³/mol. The molecule has 2 heterocycles. The second kappa shape index (κ2) is 14.1. The fourth-order valence-electron chi connectivity index (χ4n) is 2.53. The summed E-state index contributed by atoms with van der Waals surface area (Å²) in [5.74, 6) is 0.880. The SMILES string of the molecule is CSC1=NCCN1.Clc1cccc(CNC2=NCCN2)c1.NCc1cccc(Cl)c1. The predicted octanol–water partition coefficient (Wildman–Crippen LogP) is 3.50. The average molecular weight is 467 g/mol. The van der Waals surface area contributed by atoms with Crippen molar-refractivity contribution in [1.29, 1.82) is 0 Å². The molecule has 2 aliphatic rings. The molecule has 0 saturated carbocycles. The number of hydrogen-bond acceptors (Lipinski definition) is 7. The topological polar surface area (TPSA) is 86.8 Å². The average Bonchev–Trinajstić information content (AvgIpc) is 3.47. The van der Waals surface area contributed by atoms with Crippen LogP contribution in [0.4, 0.5) is 0 Å². The molecule has 0 fully saturated rings. The minimum atomic E-state index is 0.556. The van der Waals surface area contributed by atoms with Crippen molar-refractivity contribution < 1.29 is 0 Å². The van der Waals surface area contributed by atoms with Crippen LogP contribution in [0.5, 0.6) is 0 Å². The summed E-state index contributed by atoms with van der Waals surface area (Å²) < 4.78 is 0. The van der Waals surface area contributed by atoms with Gasteiger partial charge in [-0.1, -0.05) is 59.2 Å². The van der Waals surface area contributed by atoms with Crippen molar-refractivity contribution in [1.82, 2.24) is 16.0 Å². The third-order valence-corrected chi connectivity index (χ3v) is 5.12. The van der Waals surface area contributed by atoms with Crippen LogP contribution in [0.1, 0.15) is 11.1 Å². The molecule has 0 bridgehead atoms. The summed E-state index contributed by atoms with van der Waals surface area (Å²) in [4.78, 5) is 8.36. The summed E-state index contributed by atoms with van der Waals surface area (Å²) in [5.41, 5.74) is 7.59. The maximum absolute atomic E-state index is 5.87. The van der Waals surface area contributed by atoms with Crippen LogP contribution >= 0.6 is 35.0 Å². The van der Waals surface area contributed by atoms with Gasteiger partial charge in [-0.15, -0.1) is 0 Å². The first-order chi connectivity index (χ1) is 14.6. The Balaban J connectivity index is 0.000000173. The van der Waals surface area contributed by atoms with Gasteiger partial charge in [0.2, 0.25) is 0 Å². The Morgan fingerprint density at radius 1 is 0.967 bits per heavy atom. The molecule has 0 saturated heterocycles. The van der Waals surface area contributed by atoms with Gasteiger partial charge in [-0.05, 0) is 41.6 Å². The monoisotopic (exact) mass is 466 g/mol. The molecule has 0 unspecified atom stereocenters. The normalized spacial score (nSPS) is 14.1.